The Hall–Kier alpha value is -2.24. The average Bonchev–Trinajstić information content (AvgIpc) is 2.48. The Labute approximate surface area is 117 Å². The number of benzene rings is 1. The Morgan fingerprint density at radius 2 is 2.00 bits per heavy atom. The lowest BCUT2D eigenvalue weighted by Crippen LogP contribution is -2.28. The summed E-state index contributed by atoms with van der Waals surface area (Å²) in [5, 5.41) is 14.7. The first kappa shape index (κ1) is 14.2. The molecule has 2 rings (SSSR count). The van der Waals surface area contributed by atoms with Gasteiger partial charge in [-0.25, -0.2) is 5.43 Å². The van der Waals surface area contributed by atoms with Crippen LogP contribution in [0.15, 0.2) is 29.4 Å². The summed E-state index contributed by atoms with van der Waals surface area (Å²) >= 11 is 0. The number of nitrogens with zero attached hydrogens (tertiary/aromatic N) is 2. The first-order chi connectivity index (χ1) is 9.68. The molecular formula is C14H17N3O3. The molecule has 1 aromatic rings. The molecule has 106 valence electrons. The molecule has 1 saturated carbocycles. The minimum absolute atomic E-state index is 0.0201. The van der Waals surface area contributed by atoms with Crippen LogP contribution in [0, 0.1) is 16.0 Å². The van der Waals surface area contributed by atoms with Crippen molar-refractivity contribution >= 4 is 17.8 Å². The normalized spacial score (nSPS) is 16.2. The Morgan fingerprint density at radius 3 is 2.70 bits per heavy atom. The van der Waals surface area contributed by atoms with Crippen molar-refractivity contribution in [1.82, 2.24) is 5.43 Å². The quantitative estimate of drug-likeness (QED) is 0.520. The molecule has 1 N–H and O–H groups in total. The molecule has 0 aromatic heterocycles. The van der Waals surface area contributed by atoms with Gasteiger partial charge in [0.1, 0.15) is 0 Å². The Bertz CT molecular complexity index is 522. The second-order valence-corrected chi connectivity index (χ2v) is 4.89. The number of rotatable bonds is 4. The highest BCUT2D eigenvalue weighted by Crippen LogP contribution is 2.23. The van der Waals surface area contributed by atoms with E-state index in [1.165, 1.54) is 18.7 Å². The Balaban J connectivity index is 1.96. The summed E-state index contributed by atoms with van der Waals surface area (Å²) in [6.07, 6.45) is 6.44. The number of hydrazone groups is 1. The van der Waals surface area contributed by atoms with Gasteiger partial charge >= 0.3 is 0 Å². The molecule has 0 atom stereocenters. The van der Waals surface area contributed by atoms with Crippen molar-refractivity contribution in [2.24, 2.45) is 11.0 Å². The van der Waals surface area contributed by atoms with E-state index in [0.717, 1.165) is 25.7 Å². The number of carbonyl (C=O) groups is 1. The highest BCUT2D eigenvalue weighted by atomic mass is 16.6. The van der Waals surface area contributed by atoms with Crippen molar-refractivity contribution in [3.63, 3.8) is 0 Å². The third-order valence-electron chi connectivity index (χ3n) is 3.49. The first-order valence-electron chi connectivity index (χ1n) is 6.75. The zero-order chi connectivity index (χ0) is 14.4. The van der Waals surface area contributed by atoms with Gasteiger partial charge < -0.3 is 0 Å². The topological polar surface area (TPSA) is 84.6 Å². The highest BCUT2D eigenvalue weighted by Gasteiger charge is 2.20. The van der Waals surface area contributed by atoms with Crippen LogP contribution in [0.5, 0.6) is 0 Å². The van der Waals surface area contributed by atoms with Crippen LogP contribution >= 0.6 is 0 Å². The lowest BCUT2D eigenvalue weighted by Gasteiger charge is -2.19. The van der Waals surface area contributed by atoms with E-state index >= 15 is 0 Å². The molecule has 1 aliphatic carbocycles. The van der Waals surface area contributed by atoms with Crippen molar-refractivity contribution in [3.05, 3.63) is 39.9 Å². The second kappa shape index (κ2) is 6.79. The van der Waals surface area contributed by atoms with E-state index in [-0.39, 0.29) is 17.5 Å². The summed E-state index contributed by atoms with van der Waals surface area (Å²) in [6, 6.07) is 6.28. The number of carbonyl (C=O) groups excluding carboxylic acids is 1. The number of nitro benzene ring substituents is 1. The van der Waals surface area contributed by atoms with Crippen molar-refractivity contribution in [3.8, 4) is 0 Å². The molecule has 0 heterocycles. The van der Waals surface area contributed by atoms with E-state index in [4.69, 9.17) is 0 Å². The van der Waals surface area contributed by atoms with Crippen molar-refractivity contribution in [2.45, 2.75) is 32.1 Å². The Kier molecular flexibility index (Phi) is 4.81. The van der Waals surface area contributed by atoms with Gasteiger partial charge in [-0.15, -0.1) is 0 Å². The monoisotopic (exact) mass is 275 g/mol. The summed E-state index contributed by atoms with van der Waals surface area (Å²) in [7, 11) is 0. The number of amides is 1. The predicted molar refractivity (Wildman–Crippen MR) is 75.4 cm³/mol. The standard InChI is InChI=1S/C14H17N3O3/c18-14(11-6-2-1-3-7-11)16-15-10-12-8-4-5-9-13(12)17(19)20/h4-5,8-11H,1-3,6-7H2,(H,16,18)/b15-10+. The average molecular weight is 275 g/mol. The minimum Gasteiger partial charge on any atom is -0.273 e. The number of hydrogen-bond donors (Lipinski definition) is 1. The molecule has 1 fully saturated rings. The Morgan fingerprint density at radius 1 is 1.30 bits per heavy atom. The lowest BCUT2D eigenvalue weighted by atomic mass is 9.89. The number of nitrogens with one attached hydrogen (secondary N) is 1. The van der Waals surface area contributed by atoms with Crippen LogP contribution < -0.4 is 5.43 Å². The first-order valence-corrected chi connectivity index (χ1v) is 6.75. The van der Waals surface area contributed by atoms with Crippen LogP contribution in [0.3, 0.4) is 0 Å². The summed E-state index contributed by atoms with van der Waals surface area (Å²) in [5.74, 6) is -0.0776. The molecule has 0 radical (unpaired) electrons. The molecule has 6 heteroatoms. The smallest absolute Gasteiger partial charge is 0.273 e. The predicted octanol–water partition coefficient (Wildman–Crippen LogP) is 2.63. The third kappa shape index (κ3) is 3.63. The molecule has 20 heavy (non-hydrogen) atoms. The van der Waals surface area contributed by atoms with E-state index in [9.17, 15) is 14.9 Å². The van der Waals surface area contributed by atoms with E-state index in [0.29, 0.717) is 5.56 Å². The van der Waals surface area contributed by atoms with Crippen LogP contribution in [-0.4, -0.2) is 17.0 Å². The number of nitro groups is 1. The molecule has 1 aliphatic rings. The molecule has 0 saturated heterocycles. The van der Waals surface area contributed by atoms with Crippen molar-refractivity contribution < 1.29 is 9.72 Å². The van der Waals surface area contributed by atoms with Gasteiger partial charge in [-0.1, -0.05) is 31.4 Å². The summed E-state index contributed by atoms with van der Waals surface area (Å²) in [5.41, 5.74) is 2.83. The van der Waals surface area contributed by atoms with Gasteiger partial charge in [0.05, 0.1) is 16.7 Å². The van der Waals surface area contributed by atoms with Crippen LogP contribution in [0.4, 0.5) is 5.69 Å². The van der Waals surface area contributed by atoms with Crippen LogP contribution in [0.1, 0.15) is 37.7 Å². The molecule has 6 nitrogen and oxygen atoms in total. The molecule has 1 amide bonds. The zero-order valence-corrected chi connectivity index (χ0v) is 11.1. The number of para-hydroxylation sites is 1. The molecule has 0 aliphatic heterocycles. The number of hydrogen-bond acceptors (Lipinski definition) is 4. The molecule has 0 unspecified atom stereocenters. The molecule has 1 aromatic carbocycles. The fraction of sp³-hybridized carbons (Fsp3) is 0.429. The fourth-order valence-corrected chi connectivity index (χ4v) is 2.38. The van der Waals surface area contributed by atoms with Gasteiger partial charge in [0, 0.05) is 12.0 Å². The summed E-state index contributed by atoms with van der Waals surface area (Å²) in [6.45, 7) is 0. The van der Waals surface area contributed by atoms with Gasteiger partial charge in [-0.3, -0.25) is 14.9 Å². The van der Waals surface area contributed by atoms with Gasteiger partial charge in [-0.2, -0.15) is 5.10 Å². The molecule has 0 bridgehead atoms. The second-order valence-electron chi connectivity index (χ2n) is 4.89. The maximum absolute atomic E-state index is 11.8. The van der Waals surface area contributed by atoms with Gasteiger partial charge in [0.2, 0.25) is 5.91 Å². The van der Waals surface area contributed by atoms with Crippen LogP contribution in [0.25, 0.3) is 0 Å². The van der Waals surface area contributed by atoms with Crippen LogP contribution in [0.2, 0.25) is 0 Å². The van der Waals surface area contributed by atoms with E-state index in [2.05, 4.69) is 10.5 Å². The SMILES string of the molecule is O=C(N/N=C/c1ccccc1[N+](=O)[O-])C1CCCCC1. The van der Waals surface area contributed by atoms with Crippen molar-refractivity contribution in [1.29, 1.82) is 0 Å². The van der Waals surface area contributed by atoms with E-state index in [1.54, 1.807) is 18.2 Å². The zero-order valence-electron chi connectivity index (χ0n) is 11.1. The maximum atomic E-state index is 11.8. The van der Waals surface area contributed by atoms with E-state index < -0.39 is 4.92 Å². The minimum atomic E-state index is -0.468. The lowest BCUT2D eigenvalue weighted by molar-refractivity contribution is -0.385. The molecule has 0 spiro atoms. The third-order valence-corrected chi connectivity index (χ3v) is 3.49. The van der Waals surface area contributed by atoms with Gasteiger partial charge in [-0.05, 0) is 18.9 Å². The van der Waals surface area contributed by atoms with Crippen LogP contribution in [-0.2, 0) is 4.79 Å². The van der Waals surface area contributed by atoms with Crippen molar-refractivity contribution in [2.75, 3.05) is 0 Å². The summed E-state index contributed by atoms with van der Waals surface area (Å²) < 4.78 is 0. The highest BCUT2D eigenvalue weighted by molar-refractivity contribution is 5.87. The van der Waals surface area contributed by atoms with Gasteiger partial charge in [0.25, 0.3) is 5.69 Å². The fourth-order valence-electron chi connectivity index (χ4n) is 2.38. The largest absolute Gasteiger partial charge is 0.278 e. The summed E-state index contributed by atoms with van der Waals surface area (Å²) in [4.78, 5) is 22.2. The maximum Gasteiger partial charge on any atom is 0.278 e. The van der Waals surface area contributed by atoms with Gasteiger partial charge in [0.15, 0.2) is 0 Å². The molecular weight excluding hydrogens is 258 g/mol. The van der Waals surface area contributed by atoms with E-state index in [1.807, 2.05) is 0 Å².